The average molecular weight is 344 g/mol. The lowest BCUT2D eigenvalue weighted by Gasteiger charge is -2.12. The maximum atomic E-state index is 11.7. The number of aromatic hydroxyl groups is 1. The molecule has 0 aliphatic carbocycles. The van der Waals surface area contributed by atoms with E-state index in [0.717, 1.165) is 28.0 Å². The van der Waals surface area contributed by atoms with E-state index in [2.05, 4.69) is 14.9 Å². The van der Waals surface area contributed by atoms with Crippen LogP contribution in [0.4, 0.5) is 0 Å². The highest BCUT2D eigenvalue weighted by molar-refractivity contribution is 7.21. The molecule has 0 amide bonds. The molecule has 0 aliphatic heterocycles. The van der Waals surface area contributed by atoms with Crippen molar-refractivity contribution < 1.29 is 19.4 Å². The summed E-state index contributed by atoms with van der Waals surface area (Å²) in [6.07, 6.45) is 0. The highest BCUT2D eigenvalue weighted by atomic mass is 32.1. The normalized spacial score (nSPS) is 10.8. The van der Waals surface area contributed by atoms with Gasteiger partial charge in [0.2, 0.25) is 0 Å². The highest BCUT2D eigenvalue weighted by Gasteiger charge is 2.21. The molecular formula is C17H16N2O4S. The number of nitrogens with zero attached hydrogens (tertiary/aromatic N) is 2. The summed E-state index contributed by atoms with van der Waals surface area (Å²) in [5.74, 6) is -0.0928. The standard InChI is InChI=1S/C17H16N2O4S/c1-8-5-9(2)13(11(6-8)22-3)10-7-12-14(19-18-10)15(20)16(24-12)17(21)23-4/h5-7,20H,1-4H3. The quantitative estimate of drug-likeness (QED) is 0.733. The topological polar surface area (TPSA) is 81.5 Å². The molecule has 3 aromatic rings. The van der Waals surface area contributed by atoms with Crippen molar-refractivity contribution in [1.29, 1.82) is 0 Å². The molecule has 0 saturated heterocycles. The predicted octanol–water partition coefficient (Wildman–Crippen LogP) is 3.48. The Morgan fingerprint density at radius 3 is 2.58 bits per heavy atom. The van der Waals surface area contributed by atoms with Gasteiger partial charge in [-0.3, -0.25) is 0 Å². The van der Waals surface area contributed by atoms with Crippen LogP contribution in [0, 0.1) is 13.8 Å². The average Bonchev–Trinajstić information content (AvgIpc) is 2.89. The molecule has 0 bridgehead atoms. The van der Waals surface area contributed by atoms with E-state index in [1.54, 1.807) is 13.2 Å². The number of fused-ring (bicyclic) bond motifs is 1. The minimum Gasteiger partial charge on any atom is -0.504 e. The molecule has 7 heteroatoms. The summed E-state index contributed by atoms with van der Waals surface area (Å²) in [5.41, 5.74) is 3.84. The van der Waals surface area contributed by atoms with E-state index in [9.17, 15) is 9.90 Å². The maximum absolute atomic E-state index is 11.7. The van der Waals surface area contributed by atoms with Crippen molar-refractivity contribution >= 4 is 27.5 Å². The monoisotopic (exact) mass is 344 g/mol. The summed E-state index contributed by atoms with van der Waals surface area (Å²) < 4.78 is 10.8. The first-order valence-electron chi connectivity index (χ1n) is 7.19. The summed E-state index contributed by atoms with van der Waals surface area (Å²) in [5, 5.41) is 18.4. The van der Waals surface area contributed by atoms with Gasteiger partial charge in [0.15, 0.2) is 10.6 Å². The third kappa shape index (κ3) is 2.56. The van der Waals surface area contributed by atoms with Gasteiger partial charge in [0.1, 0.15) is 11.3 Å². The van der Waals surface area contributed by atoms with Gasteiger partial charge in [0.25, 0.3) is 0 Å². The van der Waals surface area contributed by atoms with Crippen molar-refractivity contribution in [1.82, 2.24) is 10.2 Å². The number of esters is 1. The summed E-state index contributed by atoms with van der Waals surface area (Å²) in [7, 11) is 2.87. The predicted molar refractivity (Wildman–Crippen MR) is 91.9 cm³/mol. The SMILES string of the molecule is COC(=O)c1sc2cc(-c3c(C)cc(C)cc3OC)nnc2c1O. The fraction of sp³-hybridized carbons (Fsp3) is 0.235. The molecule has 124 valence electrons. The van der Waals surface area contributed by atoms with Gasteiger partial charge in [-0.25, -0.2) is 4.79 Å². The second kappa shape index (κ2) is 6.09. The Balaban J connectivity index is 2.21. The molecule has 3 rings (SSSR count). The van der Waals surface area contributed by atoms with E-state index < -0.39 is 5.97 Å². The number of aromatic nitrogens is 2. The lowest BCUT2D eigenvalue weighted by molar-refractivity contribution is 0.0603. The van der Waals surface area contributed by atoms with E-state index in [1.165, 1.54) is 7.11 Å². The van der Waals surface area contributed by atoms with Gasteiger partial charge in [0.05, 0.1) is 24.6 Å². The van der Waals surface area contributed by atoms with E-state index >= 15 is 0 Å². The Morgan fingerprint density at radius 2 is 1.92 bits per heavy atom. The number of methoxy groups -OCH3 is 2. The van der Waals surface area contributed by atoms with E-state index in [-0.39, 0.29) is 16.1 Å². The number of ether oxygens (including phenoxy) is 2. The fourth-order valence-corrected chi connectivity index (χ4v) is 3.64. The number of benzene rings is 1. The number of carbonyl (C=O) groups excluding carboxylic acids is 1. The van der Waals surface area contributed by atoms with Gasteiger partial charge in [-0.15, -0.1) is 21.5 Å². The first kappa shape index (κ1) is 16.2. The van der Waals surface area contributed by atoms with Gasteiger partial charge in [0, 0.05) is 5.56 Å². The minimum atomic E-state index is -0.596. The molecule has 1 aromatic carbocycles. The second-order valence-electron chi connectivity index (χ2n) is 5.37. The molecule has 0 unspecified atom stereocenters. The zero-order valence-electron chi connectivity index (χ0n) is 13.7. The van der Waals surface area contributed by atoms with Gasteiger partial charge in [-0.05, 0) is 37.1 Å². The Morgan fingerprint density at radius 1 is 1.17 bits per heavy atom. The molecule has 24 heavy (non-hydrogen) atoms. The smallest absolute Gasteiger partial charge is 0.351 e. The molecule has 2 aromatic heterocycles. The third-order valence-corrected chi connectivity index (χ3v) is 4.80. The summed E-state index contributed by atoms with van der Waals surface area (Å²) in [4.78, 5) is 11.8. The van der Waals surface area contributed by atoms with Crippen molar-refractivity contribution in [2.75, 3.05) is 14.2 Å². The third-order valence-electron chi connectivity index (χ3n) is 3.70. The zero-order chi connectivity index (χ0) is 17.4. The molecule has 0 spiro atoms. The van der Waals surface area contributed by atoms with Crippen LogP contribution in [-0.4, -0.2) is 35.5 Å². The van der Waals surface area contributed by atoms with Crippen LogP contribution < -0.4 is 4.74 Å². The number of carbonyl (C=O) groups is 1. The van der Waals surface area contributed by atoms with Crippen LogP contribution >= 0.6 is 11.3 Å². The number of aryl methyl sites for hydroxylation is 2. The number of thiophene rings is 1. The van der Waals surface area contributed by atoms with Crippen LogP contribution in [0.1, 0.15) is 20.8 Å². The summed E-state index contributed by atoms with van der Waals surface area (Å²) >= 11 is 1.12. The molecule has 0 fully saturated rings. The molecule has 0 atom stereocenters. The van der Waals surface area contributed by atoms with Crippen LogP contribution in [0.5, 0.6) is 11.5 Å². The first-order valence-corrected chi connectivity index (χ1v) is 8.01. The number of rotatable bonds is 3. The molecule has 6 nitrogen and oxygen atoms in total. The lowest BCUT2D eigenvalue weighted by atomic mass is 10.0. The minimum absolute atomic E-state index is 0.117. The molecule has 0 aliphatic rings. The zero-order valence-corrected chi connectivity index (χ0v) is 14.5. The molecule has 0 saturated carbocycles. The second-order valence-corrected chi connectivity index (χ2v) is 6.43. The van der Waals surface area contributed by atoms with Gasteiger partial charge in [-0.1, -0.05) is 6.07 Å². The Kier molecular flexibility index (Phi) is 4.11. The van der Waals surface area contributed by atoms with E-state index in [4.69, 9.17) is 4.74 Å². The van der Waals surface area contributed by atoms with Crippen LogP contribution in [0.15, 0.2) is 18.2 Å². The Labute approximate surface area is 142 Å². The summed E-state index contributed by atoms with van der Waals surface area (Å²) in [6.45, 7) is 3.97. The van der Waals surface area contributed by atoms with E-state index in [0.29, 0.717) is 16.1 Å². The largest absolute Gasteiger partial charge is 0.504 e. The van der Waals surface area contributed by atoms with Gasteiger partial charge in [-0.2, -0.15) is 0 Å². The van der Waals surface area contributed by atoms with Crippen molar-refractivity contribution in [3.05, 3.63) is 34.2 Å². The van der Waals surface area contributed by atoms with E-state index in [1.807, 2.05) is 26.0 Å². The highest BCUT2D eigenvalue weighted by Crippen LogP contribution is 2.39. The van der Waals surface area contributed by atoms with Gasteiger partial charge < -0.3 is 14.6 Å². The molecule has 0 radical (unpaired) electrons. The first-order chi connectivity index (χ1) is 11.5. The molecule has 2 heterocycles. The number of hydrogen-bond donors (Lipinski definition) is 1. The van der Waals surface area contributed by atoms with Crippen LogP contribution in [-0.2, 0) is 4.74 Å². The van der Waals surface area contributed by atoms with Crippen LogP contribution in [0.3, 0.4) is 0 Å². The van der Waals surface area contributed by atoms with Crippen molar-refractivity contribution in [2.45, 2.75) is 13.8 Å². The summed E-state index contributed by atoms with van der Waals surface area (Å²) in [6, 6.07) is 5.76. The molecule has 1 N–H and O–H groups in total. The van der Waals surface area contributed by atoms with Gasteiger partial charge >= 0.3 is 5.97 Å². The van der Waals surface area contributed by atoms with Crippen LogP contribution in [0.2, 0.25) is 0 Å². The lowest BCUT2D eigenvalue weighted by Crippen LogP contribution is -1.97. The Bertz CT molecular complexity index is 949. The van der Waals surface area contributed by atoms with Crippen molar-refractivity contribution in [2.24, 2.45) is 0 Å². The maximum Gasteiger partial charge on any atom is 0.351 e. The Hall–Kier alpha value is -2.67. The molecular weight excluding hydrogens is 328 g/mol. The van der Waals surface area contributed by atoms with Crippen molar-refractivity contribution in [3.63, 3.8) is 0 Å². The van der Waals surface area contributed by atoms with Crippen LogP contribution in [0.25, 0.3) is 21.5 Å². The van der Waals surface area contributed by atoms with Crippen molar-refractivity contribution in [3.8, 4) is 22.8 Å². The fourth-order valence-electron chi connectivity index (χ4n) is 2.65. The number of hydrogen-bond acceptors (Lipinski definition) is 7.